The largest absolute Gasteiger partial charge is 0.481 e. The van der Waals surface area contributed by atoms with Gasteiger partial charge in [-0.1, -0.05) is 11.6 Å². The standard InChI is InChI=1S/C16H11BrClFN2O6/c17-11-5-9(19)1-4-14(11)26-8-16(23)27-7-15(22)20-13-3-2-10(21(24)25)6-12(13)18/h1-6H,7-8H2,(H,20,22). The van der Waals surface area contributed by atoms with Crippen LogP contribution in [0.3, 0.4) is 0 Å². The molecule has 0 aliphatic heterocycles. The van der Waals surface area contributed by atoms with Crippen molar-refractivity contribution in [2.24, 2.45) is 0 Å². The van der Waals surface area contributed by atoms with Gasteiger partial charge in [0.05, 0.1) is 20.1 Å². The van der Waals surface area contributed by atoms with Gasteiger partial charge >= 0.3 is 5.97 Å². The number of amides is 1. The van der Waals surface area contributed by atoms with E-state index in [1.807, 2.05) is 0 Å². The minimum absolute atomic E-state index is 0.0339. The highest BCUT2D eigenvalue weighted by atomic mass is 79.9. The minimum atomic E-state index is -0.823. The molecule has 0 unspecified atom stereocenters. The van der Waals surface area contributed by atoms with Crippen LogP contribution in [0.1, 0.15) is 0 Å². The molecule has 1 amide bonds. The molecule has 27 heavy (non-hydrogen) atoms. The number of anilines is 1. The highest BCUT2D eigenvalue weighted by Gasteiger charge is 2.14. The van der Waals surface area contributed by atoms with Crippen LogP contribution >= 0.6 is 27.5 Å². The van der Waals surface area contributed by atoms with Gasteiger partial charge in [-0.05, 0) is 40.2 Å². The molecule has 0 atom stereocenters. The summed E-state index contributed by atoms with van der Waals surface area (Å²) in [6, 6.07) is 7.17. The van der Waals surface area contributed by atoms with Crippen LogP contribution in [0.2, 0.25) is 5.02 Å². The fourth-order valence-corrected chi connectivity index (χ4v) is 2.51. The first-order valence-electron chi connectivity index (χ1n) is 7.23. The van der Waals surface area contributed by atoms with E-state index in [1.165, 1.54) is 24.3 Å². The number of ether oxygens (including phenoxy) is 2. The average Bonchev–Trinajstić information content (AvgIpc) is 2.60. The number of esters is 1. The van der Waals surface area contributed by atoms with Crippen molar-refractivity contribution in [1.82, 2.24) is 0 Å². The van der Waals surface area contributed by atoms with Crippen LogP contribution in [0, 0.1) is 15.9 Å². The van der Waals surface area contributed by atoms with Gasteiger partial charge in [0.2, 0.25) is 0 Å². The second kappa shape index (κ2) is 9.28. The third-order valence-corrected chi connectivity index (χ3v) is 3.97. The quantitative estimate of drug-likeness (QED) is 0.383. The molecular weight excluding hydrogens is 451 g/mol. The normalized spacial score (nSPS) is 10.2. The summed E-state index contributed by atoms with van der Waals surface area (Å²) in [5, 5.41) is 13.0. The summed E-state index contributed by atoms with van der Waals surface area (Å²) in [5.74, 6) is -1.76. The fourth-order valence-electron chi connectivity index (χ4n) is 1.82. The summed E-state index contributed by atoms with van der Waals surface area (Å²) >= 11 is 8.93. The second-order valence-electron chi connectivity index (χ2n) is 4.99. The zero-order valence-corrected chi connectivity index (χ0v) is 15.8. The van der Waals surface area contributed by atoms with Gasteiger partial charge in [0.1, 0.15) is 11.6 Å². The molecule has 1 N–H and O–H groups in total. The molecule has 2 rings (SSSR count). The maximum absolute atomic E-state index is 13.0. The van der Waals surface area contributed by atoms with Crippen molar-refractivity contribution in [1.29, 1.82) is 0 Å². The third-order valence-electron chi connectivity index (χ3n) is 3.04. The van der Waals surface area contributed by atoms with Gasteiger partial charge in [-0.25, -0.2) is 9.18 Å². The van der Waals surface area contributed by atoms with Crippen LogP contribution in [-0.2, 0) is 14.3 Å². The van der Waals surface area contributed by atoms with Crippen molar-refractivity contribution in [2.45, 2.75) is 0 Å². The van der Waals surface area contributed by atoms with E-state index in [9.17, 15) is 24.1 Å². The lowest BCUT2D eigenvalue weighted by molar-refractivity contribution is -0.384. The Morgan fingerprint density at radius 1 is 1.22 bits per heavy atom. The third kappa shape index (κ3) is 6.19. The van der Waals surface area contributed by atoms with Crippen LogP contribution in [0.15, 0.2) is 40.9 Å². The Labute approximate surface area is 165 Å². The summed E-state index contributed by atoms with van der Waals surface area (Å²) < 4.78 is 23.2. The summed E-state index contributed by atoms with van der Waals surface area (Å²) in [5.41, 5.74) is -0.0941. The summed E-state index contributed by atoms with van der Waals surface area (Å²) in [4.78, 5) is 33.4. The summed E-state index contributed by atoms with van der Waals surface area (Å²) in [7, 11) is 0. The molecular formula is C16H11BrClFN2O6. The van der Waals surface area contributed by atoms with E-state index < -0.39 is 35.8 Å². The first-order valence-corrected chi connectivity index (χ1v) is 8.40. The van der Waals surface area contributed by atoms with E-state index in [-0.39, 0.29) is 22.1 Å². The Kier molecular flexibility index (Phi) is 7.08. The summed E-state index contributed by atoms with van der Waals surface area (Å²) in [6.45, 7) is -1.10. The molecule has 0 fully saturated rings. The molecule has 142 valence electrons. The SMILES string of the molecule is O=C(COC(=O)COc1ccc(F)cc1Br)Nc1ccc([N+](=O)[O-])cc1Cl. The predicted octanol–water partition coefficient (Wildman–Crippen LogP) is 3.71. The van der Waals surface area contributed by atoms with E-state index >= 15 is 0 Å². The van der Waals surface area contributed by atoms with Crippen LogP contribution < -0.4 is 10.1 Å². The predicted molar refractivity (Wildman–Crippen MR) is 97.3 cm³/mol. The average molecular weight is 462 g/mol. The number of nitrogens with zero attached hydrogens (tertiary/aromatic N) is 1. The molecule has 0 aromatic heterocycles. The van der Waals surface area contributed by atoms with E-state index in [0.717, 1.165) is 12.1 Å². The molecule has 0 saturated carbocycles. The zero-order valence-electron chi connectivity index (χ0n) is 13.4. The number of non-ortho nitro benzene ring substituents is 1. The Bertz CT molecular complexity index is 895. The van der Waals surface area contributed by atoms with Crippen LogP contribution in [0.4, 0.5) is 15.8 Å². The lowest BCUT2D eigenvalue weighted by atomic mass is 10.3. The van der Waals surface area contributed by atoms with Gasteiger partial charge in [0.25, 0.3) is 11.6 Å². The number of hydrogen-bond acceptors (Lipinski definition) is 6. The van der Waals surface area contributed by atoms with E-state index in [4.69, 9.17) is 21.1 Å². The Hall–Kier alpha value is -2.72. The molecule has 0 aliphatic rings. The first kappa shape index (κ1) is 20.6. The molecule has 2 aromatic carbocycles. The molecule has 11 heteroatoms. The van der Waals surface area contributed by atoms with Crippen molar-refractivity contribution in [3.63, 3.8) is 0 Å². The fraction of sp³-hybridized carbons (Fsp3) is 0.125. The monoisotopic (exact) mass is 460 g/mol. The van der Waals surface area contributed by atoms with Crippen molar-refractivity contribution in [2.75, 3.05) is 18.5 Å². The molecule has 8 nitrogen and oxygen atoms in total. The molecule has 0 aliphatic carbocycles. The van der Waals surface area contributed by atoms with E-state index in [0.29, 0.717) is 4.47 Å². The minimum Gasteiger partial charge on any atom is -0.481 e. The number of nitro groups is 1. The molecule has 0 heterocycles. The zero-order chi connectivity index (χ0) is 20.0. The molecule has 0 bridgehead atoms. The number of carbonyl (C=O) groups excluding carboxylic acids is 2. The number of benzene rings is 2. The smallest absolute Gasteiger partial charge is 0.344 e. The number of rotatable bonds is 7. The van der Waals surface area contributed by atoms with Gasteiger partial charge in [-0.2, -0.15) is 0 Å². The number of hydrogen-bond donors (Lipinski definition) is 1. The Morgan fingerprint density at radius 2 is 1.96 bits per heavy atom. The van der Waals surface area contributed by atoms with Gasteiger partial charge in [-0.15, -0.1) is 0 Å². The highest BCUT2D eigenvalue weighted by molar-refractivity contribution is 9.10. The molecule has 2 aromatic rings. The number of nitro benzene ring substituents is 1. The van der Waals surface area contributed by atoms with Crippen LogP contribution in [0.5, 0.6) is 5.75 Å². The van der Waals surface area contributed by atoms with Gasteiger partial charge in [0.15, 0.2) is 13.2 Å². The van der Waals surface area contributed by atoms with E-state index in [1.54, 1.807) is 0 Å². The van der Waals surface area contributed by atoms with E-state index in [2.05, 4.69) is 21.2 Å². The Morgan fingerprint density at radius 3 is 2.59 bits per heavy atom. The van der Waals surface area contributed by atoms with Crippen molar-refractivity contribution in [3.8, 4) is 5.75 Å². The molecule has 0 saturated heterocycles. The van der Waals surface area contributed by atoms with Gasteiger partial charge < -0.3 is 14.8 Å². The van der Waals surface area contributed by atoms with Gasteiger partial charge in [-0.3, -0.25) is 14.9 Å². The molecule has 0 spiro atoms. The molecule has 0 radical (unpaired) electrons. The number of carbonyl (C=O) groups is 2. The van der Waals surface area contributed by atoms with Crippen molar-refractivity contribution < 1.29 is 28.4 Å². The second-order valence-corrected chi connectivity index (χ2v) is 6.26. The lowest BCUT2D eigenvalue weighted by Gasteiger charge is -2.09. The lowest BCUT2D eigenvalue weighted by Crippen LogP contribution is -2.23. The van der Waals surface area contributed by atoms with Crippen molar-refractivity contribution >= 4 is 50.8 Å². The van der Waals surface area contributed by atoms with Gasteiger partial charge in [0, 0.05) is 12.1 Å². The van der Waals surface area contributed by atoms with Crippen molar-refractivity contribution in [3.05, 3.63) is 61.8 Å². The maximum atomic E-state index is 13.0. The highest BCUT2D eigenvalue weighted by Crippen LogP contribution is 2.27. The summed E-state index contributed by atoms with van der Waals surface area (Å²) in [6.07, 6.45) is 0. The Balaban J connectivity index is 1.81. The first-order chi connectivity index (χ1) is 12.8. The van der Waals surface area contributed by atoms with Crippen LogP contribution in [0.25, 0.3) is 0 Å². The number of halogens is 3. The number of nitrogens with one attached hydrogen (secondary N) is 1. The topological polar surface area (TPSA) is 108 Å². The van der Waals surface area contributed by atoms with Crippen LogP contribution in [-0.4, -0.2) is 30.0 Å². The maximum Gasteiger partial charge on any atom is 0.344 e.